The van der Waals surface area contributed by atoms with Crippen molar-refractivity contribution in [3.8, 4) is 0 Å². The van der Waals surface area contributed by atoms with Gasteiger partial charge in [0, 0.05) is 11.1 Å². The molecule has 0 bridgehead atoms. The Labute approximate surface area is 156 Å². The van der Waals surface area contributed by atoms with E-state index < -0.39 is 11.9 Å². The van der Waals surface area contributed by atoms with Crippen LogP contribution in [0.25, 0.3) is 0 Å². The van der Waals surface area contributed by atoms with E-state index in [9.17, 15) is 9.59 Å². The lowest BCUT2D eigenvalue weighted by atomic mass is 9.96. The number of benzene rings is 2. The summed E-state index contributed by atoms with van der Waals surface area (Å²) in [5.41, 5.74) is 7.01. The summed E-state index contributed by atoms with van der Waals surface area (Å²) < 4.78 is 0. The predicted octanol–water partition coefficient (Wildman–Crippen LogP) is 4.63. The molecule has 0 spiro atoms. The second-order valence-electron chi connectivity index (χ2n) is 6.23. The van der Waals surface area contributed by atoms with Gasteiger partial charge in [-0.15, -0.1) is 0 Å². The lowest BCUT2D eigenvalue weighted by molar-refractivity contribution is -0.138. The van der Waals surface area contributed by atoms with E-state index in [-0.39, 0.29) is 5.78 Å². The first-order valence-corrected chi connectivity index (χ1v) is 9.13. The van der Waals surface area contributed by atoms with Crippen LogP contribution in [0, 0.1) is 0 Å². The van der Waals surface area contributed by atoms with Gasteiger partial charge in [0.2, 0.25) is 0 Å². The number of rotatable bonds is 8. The Morgan fingerprint density at radius 1 is 0.962 bits per heavy atom. The number of carboxylic acids is 1. The minimum atomic E-state index is -0.899. The Morgan fingerprint density at radius 3 is 2.19 bits per heavy atom. The van der Waals surface area contributed by atoms with Gasteiger partial charge in [0.05, 0.1) is 5.92 Å². The van der Waals surface area contributed by atoms with Crippen molar-refractivity contribution in [1.29, 1.82) is 0 Å². The lowest BCUT2D eigenvalue weighted by Gasteiger charge is -2.08. The van der Waals surface area contributed by atoms with E-state index in [2.05, 4.69) is 6.92 Å². The van der Waals surface area contributed by atoms with Crippen LogP contribution in [-0.4, -0.2) is 23.4 Å². The van der Waals surface area contributed by atoms with Crippen molar-refractivity contribution in [1.82, 2.24) is 0 Å². The first-order valence-electron chi connectivity index (χ1n) is 9.13. The number of carbonyl (C=O) groups excluding carboxylic acids is 1. The zero-order valence-electron chi connectivity index (χ0n) is 15.7. The Morgan fingerprint density at radius 2 is 1.62 bits per heavy atom. The summed E-state index contributed by atoms with van der Waals surface area (Å²) in [7, 11) is 0. The summed E-state index contributed by atoms with van der Waals surface area (Å²) in [5, 5.41) is 9.00. The van der Waals surface area contributed by atoms with Crippen LogP contribution in [0.15, 0.2) is 54.6 Å². The summed E-state index contributed by atoms with van der Waals surface area (Å²) >= 11 is 0. The van der Waals surface area contributed by atoms with E-state index in [1.165, 1.54) is 25.7 Å². The lowest BCUT2D eigenvalue weighted by Crippen LogP contribution is -2.09. The highest BCUT2D eigenvalue weighted by Gasteiger charge is 2.16. The molecule has 0 amide bonds. The molecule has 26 heavy (non-hydrogen) atoms. The molecule has 0 saturated carbocycles. The summed E-state index contributed by atoms with van der Waals surface area (Å²) in [4.78, 5) is 23.2. The van der Waals surface area contributed by atoms with E-state index in [0.29, 0.717) is 16.7 Å². The Balaban J connectivity index is 0.000000412. The molecule has 0 saturated heterocycles. The molecule has 2 aromatic rings. The highest BCUT2D eigenvalue weighted by atomic mass is 16.4. The van der Waals surface area contributed by atoms with Crippen LogP contribution in [0.3, 0.4) is 0 Å². The molecular formula is C22H29NO3. The third-order valence-electron chi connectivity index (χ3n) is 4.11. The number of carboxylic acid groups (broad SMARTS) is 1. The maximum Gasteiger partial charge on any atom is 0.310 e. The van der Waals surface area contributed by atoms with E-state index in [1.807, 2.05) is 6.07 Å². The Bertz CT molecular complexity index is 679. The van der Waals surface area contributed by atoms with E-state index in [1.54, 1.807) is 55.5 Å². The van der Waals surface area contributed by atoms with Crippen molar-refractivity contribution >= 4 is 11.8 Å². The van der Waals surface area contributed by atoms with E-state index in [4.69, 9.17) is 10.8 Å². The highest BCUT2D eigenvalue weighted by molar-refractivity contribution is 6.09. The number of nitrogens with two attached hydrogens (primary N) is 1. The van der Waals surface area contributed by atoms with Crippen molar-refractivity contribution in [3.05, 3.63) is 71.3 Å². The third-order valence-corrected chi connectivity index (χ3v) is 4.11. The number of hydrogen-bond donors (Lipinski definition) is 2. The molecule has 4 nitrogen and oxygen atoms in total. The summed E-state index contributed by atoms with van der Waals surface area (Å²) in [6.45, 7) is 4.67. The number of aliphatic carboxylic acids is 1. The number of unbranched alkanes of at least 4 members (excludes halogenated alkanes) is 3. The first kappa shape index (κ1) is 21.6. The van der Waals surface area contributed by atoms with E-state index in [0.717, 1.165) is 6.54 Å². The molecule has 2 aromatic carbocycles. The number of hydrogen-bond acceptors (Lipinski definition) is 3. The van der Waals surface area contributed by atoms with Crippen LogP contribution in [-0.2, 0) is 4.79 Å². The standard InChI is InChI=1S/C16H14O3.C6H15N/c1-11(16(18)19)13-8-5-9-14(10-13)15(17)12-6-3-2-4-7-12;1-2-3-4-5-6-7/h2-11H,1H3,(H,18,19);2-7H2,1H3. The van der Waals surface area contributed by atoms with Crippen LogP contribution >= 0.6 is 0 Å². The highest BCUT2D eigenvalue weighted by Crippen LogP contribution is 2.18. The monoisotopic (exact) mass is 355 g/mol. The molecule has 4 heteroatoms. The molecule has 0 heterocycles. The molecule has 0 aliphatic heterocycles. The molecule has 0 aliphatic carbocycles. The largest absolute Gasteiger partial charge is 0.481 e. The molecule has 0 radical (unpaired) electrons. The first-order chi connectivity index (χ1) is 12.5. The van der Waals surface area contributed by atoms with Gasteiger partial charge in [0.15, 0.2) is 5.78 Å². The second kappa shape index (κ2) is 12.0. The van der Waals surface area contributed by atoms with Gasteiger partial charge >= 0.3 is 5.97 Å². The third kappa shape index (κ3) is 7.19. The van der Waals surface area contributed by atoms with Gasteiger partial charge < -0.3 is 10.8 Å². The normalized spacial score (nSPS) is 11.2. The second-order valence-corrected chi connectivity index (χ2v) is 6.23. The fourth-order valence-electron chi connectivity index (χ4n) is 2.42. The van der Waals surface area contributed by atoms with Crippen molar-refractivity contribution < 1.29 is 14.7 Å². The van der Waals surface area contributed by atoms with Gasteiger partial charge in [-0.2, -0.15) is 0 Å². The van der Waals surface area contributed by atoms with Gasteiger partial charge in [0.1, 0.15) is 0 Å². The molecule has 3 N–H and O–H groups in total. The van der Waals surface area contributed by atoms with Crippen molar-refractivity contribution in [2.45, 2.75) is 45.4 Å². The van der Waals surface area contributed by atoms with Crippen molar-refractivity contribution in [3.63, 3.8) is 0 Å². The minimum absolute atomic E-state index is 0.0972. The van der Waals surface area contributed by atoms with E-state index >= 15 is 0 Å². The fourth-order valence-corrected chi connectivity index (χ4v) is 2.42. The van der Waals surface area contributed by atoms with Crippen LogP contribution in [0.4, 0.5) is 0 Å². The summed E-state index contributed by atoms with van der Waals surface area (Å²) in [5.74, 6) is -1.62. The molecule has 0 aliphatic rings. The SMILES string of the molecule is CC(C(=O)O)c1cccc(C(=O)c2ccccc2)c1.CCCCCCN. The van der Waals surface area contributed by atoms with Crippen LogP contribution < -0.4 is 5.73 Å². The van der Waals surface area contributed by atoms with Gasteiger partial charge in [-0.25, -0.2) is 0 Å². The zero-order chi connectivity index (χ0) is 19.4. The van der Waals surface area contributed by atoms with Gasteiger partial charge in [-0.05, 0) is 31.5 Å². The van der Waals surface area contributed by atoms with Gasteiger partial charge in [0.25, 0.3) is 0 Å². The van der Waals surface area contributed by atoms with Crippen LogP contribution in [0.2, 0.25) is 0 Å². The van der Waals surface area contributed by atoms with Crippen LogP contribution in [0.5, 0.6) is 0 Å². The molecule has 140 valence electrons. The maximum absolute atomic E-state index is 12.2. The van der Waals surface area contributed by atoms with Gasteiger partial charge in [-0.1, -0.05) is 74.7 Å². The Kier molecular flexibility index (Phi) is 9.95. The number of carbonyl (C=O) groups is 2. The Hall–Kier alpha value is -2.46. The smallest absolute Gasteiger partial charge is 0.310 e. The molecule has 2 rings (SSSR count). The topological polar surface area (TPSA) is 80.4 Å². The quantitative estimate of drug-likeness (QED) is 0.534. The van der Waals surface area contributed by atoms with Crippen LogP contribution in [0.1, 0.15) is 66.9 Å². The van der Waals surface area contributed by atoms with Gasteiger partial charge in [-0.3, -0.25) is 9.59 Å². The number of ketones is 1. The molecule has 1 atom stereocenters. The average molecular weight is 355 g/mol. The molecule has 0 aromatic heterocycles. The van der Waals surface area contributed by atoms with Crippen molar-refractivity contribution in [2.24, 2.45) is 5.73 Å². The fraction of sp³-hybridized carbons (Fsp3) is 0.364. The molecule has 1 unspecified atom stereocenters. The minimum Gasteiger partial charge on any atom is -0.481 e. The van der Waals surface area contributed by atoms with Crippen molar-refractivity contribution in [2.75, 3.05) is 6.54 Å². The molecular weight excluding hydrogens is 326 g/mol. The molecule has 0 fully saturated rings. The predicted molar refractivity (Wildman–Crippen MR) is 106 cm³/mol. The maximum atomic E-state index is 12.2. The summed E-state index contributed by atoms with van der Waals surface area (Å²) in [6.07, 6.45) is 5.16. The average Bonchev–Trinajstić information content (AvgIpc) is 2.68. The zero-order valence-corrected chi connectivity index (χ0v) is 15.7. The summed E-state index contributed by atoms with van der Waals surface area (Å²) in [6, 6.07) is 15.7.